The van der Waals surface area contributed by atoms with Gasteiger partial charge >= 0.3 is 5.69 Å². The first-order valence-electron chi connectivity index (χ1n) is 6.51. The SMILES string of the molecule is CN(CCN1CCNCC1)c1c(Br)cncc1[N+](=O)[O-]. The number of anilines is 1. The van der Waals surface area contributed by atoms with E-state index in [-0.39, 0.29) is 5.69 Å². The highest BCUT2D eigenvalue weighted by molar-refractivity contribution is 9.10. The van der Waals surface area contributed by atoms with Gasteiger partial charge in [0.1, 0.15) is 11.9 Å². The first kappa shape index (κ1) is 15.1. The first-order valence-corrected chi connectivity index (χ1v) is 7.31. The van der Waals surface area contributed by atoms with E-state index >= 15 is 0 Å². The molecule has 0 atom stereocenters. The molecule has 20 heavy (non-hydrogen) atoms. The van der Waals surface area contributed by atoms with Crippen molar-refractivity contribution in [1.82, 2.24) is 15.2 Å². The molecule has 1 aliphatic rings. The van der Waals surface area contributed by atoms with Crippen molar-refractivity contribution >= 4 is 27.3 Å². The topological polar surface area (TPSA) is 74.5 Å². The Kier molecular flexibility index (Phi) is 5.27. The zero-order valence-electron chi connectivity index (χ0n) is 11.4. The maximum atomic E-state index is 11.1. The minimum Gasteiger partial charge on any atom is -0.367 e. The molecule has 2 rings (SSSR count). The molecule has 0 aromatic carbocycles. The lowest BCUT2D eigenvalue weighted by Gasteiger charge is -2.29. The lowest BCUT2D eigenvalue weighted by Crippen LogP contribution is -2.46. The molecule has 0 spiro atoms. The molecular weight excluding hydrogens is 326 g/mol. The van der Waals surface area contributed by atoms with Crippen LogP contribution in [-0.2, 0) is 0 Å². The lowest BCUT2D eigenvalue weighted by molar-refractivity contribution is -0.384. The summed E-state index contributed by atoms with van der Waals surface area (Å²) < 4.78 is 0.648. The number of hydrogen-bond acceptors (Lipinski definition) is 6. The van der Waals surface area contributed by atoms with Crippen LogP contribution in [0.5, 0.6) is 0 Å². The van der Waals surface area contributed by atoms with Gasteiger partial charge in [0, 0.05) is 52.5 Å². The van der Waals surface area contributed by atoms with Crippen LogP contribution in [0.25, 0.3) is 0 Å². The molecule has 0 saturated carbocycles. The van der Waals surface area contributed by atoms with Crippen LogP contribution >= 0.6 is 15.9 Å². The Morgan fingerprint density at radius 2 is 2.20 bits per heavy atom. The molecule has 8 heteroatoms. The van der Waals surface area contributed by atoms with Crippen LogP contribution < -0.4 is 10.2 Å². The summed E-state index contributed by atoms with van der Waals surface area (Å²) in [5.41, 5.74) is 0.613. The fraction of sp³-hybridized carbons (Fsp3) is 0.583. The number of pyridine rings is 1. The third-order valence-electron chi connectivity index (χ3n) is 3.39. The van der Waals surface area contributed by atoms with Gasteiger partial charge in [-0.15, -0.1) is 0 Å². The van der Waals surface area contributed by atoms with Crippen molar-refractivity contribution in [3.05, 3.63) is 27.0 Å². The highest BCUT2D eigenvalue weighted by atomic mass is 79.9. The minimum atomic E-state index is -0.394. The number of likely N-dealkylation sites (N-methyl/N-ethyl adjacent to an activating group) is 1. The lowest BCUT2D eigenvalue weighted by atomic mass is 10.3. The molecule has 1 aromatic rings. The Bertz CT molecular complexity index is 479. The van der Waals surface area contributed by atoms with Gasteiger partial charge in [-0.05, 0) is 15.9 Å². The predicted octanol–water partition coefficient (Wildman–Crippen LogP) is 1.09. The third kappa shape index (κ3) is 3.65. The quantitative estimate of drug-likeness (QED) is 0.637. The Morgan fingerprint density at radius 3 is 2.85 bits per heavy atom. The van der Waals surface area contributed by atoms with E-state index in [4.69, 9.17) is 0 Å². The molecule has 1 fully saturated rings. The van der Waals surface area contributed by atoms with Crippen molar-refractivity contribution in [2.24, 2.45) is 0 Å². The van der Waals surface area contributed by atoms with Crippen LogP contribution in [0.3, 0.4) is 0 Å². The van der Waals surface area contributed by atoms with Crippen molar-refractivity contribution in [2.75, 3.05) is 51.2 Å². The van der Waals surface area contributed by atoms with E-state index in [9.17, 15) is 10.1 Å². The number of nitrogens with zero attached hydrogens (tertiary/aromatic N) is 4. The van der Waals surface area contributed by atoms with Gasteiger partial charge in [0.05, 0.1) is 9.40 Å². The molecule has 1 saturated heterocycles. The first-order chi connectivity index (χ1) is 9.59. The molecule has 0 radical (unpaired) electrons. The van der Waals surface area contributed by atoms with E-state index in [2.05, 4.69) is 31.1 Å². The fourth-order valence-corrected chi connectivity index (χ4v) is 2.89. The summed E-state index contributed by atoms with van der Waals surface area (Å²) in [5, 5.41) is 14.4. The molecule has 0 aliphatic carbocycles. The van der Waals surface area contributed by atoms with E-state index in [1.54, 1.807) is 6.20 Å². The van der Waals surface area contributed by atoms with Crippen LogP contribution in [0.15, 0.2) is 16.9 Å². The summed E-state index contributed by atoms with van der Waals surface area (Å²) in [5.74, 6) is 0. The zero-order chi connectivity index (χ0) is 14.5. The number of rotatable bonds is 5. The molecule has 0 amide bonds. The van der Waals surface area contributed by atoms with Crippen LogP contribution in [0.4, 0.5) is 11.4 Å². The molecule has 1 aliphatic heterocycles. The van der Waals surface area contributed by atoms with Crippen LogP contribution in [0, 0.1) is 10.1 Å². The van der Waals surface area contributed by atoms with Crippen molar-refractivity contribution in [3.8, 4) is 0 Å². The Morgan fingerprint density at radius 1 is 1.50 bits per heavy atom. The summed E-state index contributed by atoms with van der Waals surface area (Å²) in [4.78, 5) is 18.8. The molecule has 7 nitrogen and oxygen atoms in total. The standard InChI is InChI=1S/C12H18BrN5O2/c1-16(6-7-17-4-2-14-3-5-17)12-10(13)8-15-9-11(12)18(19)20/h8-9,14H,2-7H2,1H3. The van der Waals surface area contributed by atoms with E-state index in [1.807, 2.05) is 11.9 Å². The molecule has 1 N–H and O–H groups in total. The molecule has 110 valence electrons. The summed E-state index contributed by atoms with van der Waals surface area (Å²) in [6.07, 6.45) is 2.88. The average Bonchev–Trinajstić information content (AvgIpc) is 2.45. The maximum absolute atomic E-state index is 11.1. The van der Waals surface area contributed by atoms with Gasteiger partial charge in [0.15, 0.2) is 0 Å². The average molecular weight is 344 g/mol. The monoisotopic (exact) mass is 343 g/mol. The normalized spacial score (nSPS) is 16.1. The molecule has 0 bridgehead atoms. The molecule has 0 unspecified atom stereocenters. The van der Waals surface area contributed by atoms with Crippen LogP contribution in [-0.4, -0.2) is 61.1 Å². The minimum absolute atomic E-state index is 0.0298. The van der Waals surface area contributed by atoms with E-state index < -0.39 is 4.92 Å². The maximum Gasteiger partial charge on any atom is 0.311 e. The predicted molar refractivity (Wildman–Crippen MR) is 81.2 cm³/mol. The van der Waals surface area contributed by atoms with Crippen molar-refractivity contribution in [2.45, 2.75) is 0 Å². The van der Waals surface area contributed by atoms with Crippen LogP contribution in [0.1, 0.15) is 0 Å². The second-order valence-corrected chi connectivity index (χ2v) is 5.61. The van der Waals surface area contributed by atoms with Crippen molar-refractivity contribution in [1.29, 1.82) is 0 Å². The van der Waals surface area contributed by atoms with Crippen LogP contribution in [0.2, 0.25) is 0 Å². The molecule has 2 heterocycles. The van der Waals surface area contributed by atoms with Gasteiger partial charge in [-0.1, -0.05) is 0 Å². The van der Waals surface area contributed by atoms with Crippen molar-refractivity contribution < 1.29 is 4.92 Å². The number of nitrogens with one attached hydrogen (secondary N) is 1. The smallest absolute Gasteiger partial charge is 0.311 e. The second kappa shape index (κ2) is 6.96. The van der Waals surface area contributed by atoms with E-state index in [0.29, 0.717) is 10.2 Å². The summed E-state index contributed by atoms with van der Waals surface area (Å²) in [7, 11) is 1.87. The number of piperazine rings is 1. The highest BCUT2D eigenvalue weighted by Gasteiger charge is 2.21. The number of hydrogen-bond donors (Lipinski definition) is 1. The number of nitro groups is 1. The Balaban J connectivity index is 2.04. The van der Waals surface area contributed by atoms with Gasteiger partial charge in [-0.25, -0.2) is 0 Å². The van der Waals surface area contributed by atoms with Gasteiger partial charge in [0.25, 0.3) is 0 Å². The van der Waals surface area contributed by atoms with Gasteiger partial charge in [-0.2, -0.15) is 0 Å². The van der Waals surface area contributed by atoms with Gasteiger partial charge in [-0.3, -0.25) is 20.0 Å². The summed E-state index contributed by atoms with van der Waals surface area (Å²) in [6, 6.07) is 0. The molecule has 1 aromatic heterocycles. The molecular formula is C12H18BrN5O2. The largest absolute Gasteiger partial charge is 0.367 e. The summed E-state index contributed by atoms with van der Waals surface area (Å²) in [6.45, 7) is 5.68. The van der Waals surface area contributed by atoms with Gasteiger partial charge in [0.2, 0.25) is 0 Å². The zero-order valence-corrected chi connectivity index (χ0v) is 13.0. The third-order valence-corrected chi connectivity index (χ3v) is 3.97. The van der Waals surface area contributed by atoms with Crippen molar-refractivity contribution in [3.63, 3.8) is 0 Å². The van der Waals surface area contributed by atoms with E-state index in [0.717, 1.165) is 39.3 Å². The number of aromatic nitrogens is 1. The van der Waals surface area contributed by atoms with E-state index in [1.165, 1.54) is 6.20 Å². The Hall–Kier alpha value is -1.25. The van der Waals surface area contributed by atoms with Gasteiger partial charge < -0.3 is 10.2 Å². The second-order valence-electron chi connectivity index (χ2n) is 4.76. The number of halogens is 1. The Labute approximate surface area is 126 Å². The fourth-order valence-electron chi connectivity index (χ4n) is 2.27. The summed E-state index contributed by atoms with van der Waals surface area (Å²) >= 11 is 3.35. The highest BCUT2D eigenvalue weighted by Crippen LogP contribution is 2.33.